The van der Waals surface area contributed by atoms with Gasteiger partial charge in [0.25, 0.3) is 0 Å². The number of aromatic nitrogens is 3. The van der Waals surface area contributed by atoms with Crippen molar-refractivity contribution in [1.29, 1.82) is 0 Å². The number of benzene rings is 2. The lowest BCUT2D eigenvalue weighted by Crippen LogP contribution is -2.41. The van der Waals surface area contributed by atoms with Crippen LogP contribution in [0.15, 0.2) is 47.6 Å². The summed E-state index contributed by atoms with van der Waals surface area (Å²) in [7, 11) is 0. The van der Waals surface area contributed by atoms with Gasteiger partial charge in [-0.25, -0.2) is 4.68 Å². The molecule has 0 saturated heterocycles. The molecule has 2 atom stereocenters. The molecule has 8 heteroatoms. The molecule has 1 amide bonds. The fourth-order valence-electron chi connectivity index (χ4n) is 3.39. The molecule has 0 radical (unpaired) electrons. The van der Waals surface area contributed by atoms with Gasteiger partial charge in [0.1, 0.15) is 5.25 Å². The minimum absolute atomic E-state index is 0.107. The van der Waals surface area contributed by atoms with Gasteiger partial charge in [0, 0.05) is 17.1 Å². The summed E-state index contributed by atoms with van der Waals surface area (Å²) in [4.78, 5) is 13.3. The number of nitrogens with one attached hydrogen (secondary N) is 2. The largest absolute Gasteiger partial charge is 0.325 e. The van der Waals surface area contributed by atoms with Gasteiger partial charge >= 0.3 is 0 Å². The first-order chi connectivity index (χ1) is 14.5. The van der Waals surface area contributed by atoms with E-state index in [2.05, 4.69) is 59.1 Å². The lowest BCUT2D eigenvalue weighted by molar-refractivity contribution is -0.116. The number of hydrogen-bond acceptors (Lipinski definition) is 5. The molecule has 0 fully saturated rings. The molecule has 3 aromatic rings. The quantitative estimate of drug-likeness (QED) is 0.589. The number of amides is 1. The summed E-state index contributed by atoms with van der Waals surface area (Å²) in [5.74, 6) is 0.769. The van der Waals surface area contributed by atoms with Crippen molar-refractivity contribution in [3.63, 3.8) is 0 Å². The average Bonchev–Trinajstić information content (AvgIpc) is 3.12. The highest BCUT2D eigenvalue weighted by atomic mass is 35.5. The molecule has 0 bridgehead atoms. The lowest BCUT2D eigenvalue weighted by Gasteiger charge is -2.33. The number of aryl methyl sites for hydroxylation is 3. The highest BCUT2D eigenvalue weighted by Crippen LogP contribution is 2.38. The van der Waals surface area contributed by atoms with E-state index in [0.717, 1.165) is 29.8 Å². The number of anilines is 1. The first-order valence-corrected chi connectivity index (χ1v) is 11.2. The Morgan fingerprint density at radius 3 is 2.67 bits per heavy atom. The number of carbonyl (C=O) groups is 1. The minimum Gasteiger partial charge on any atom is -0.325 e. The van der Waals surface area contributed by atoms with Gasteiger partial charge in [-0.2, -0.15) is 0 Å². The Balaban J connectivity index is 1.66. The SMILES string of the molecule is CCCc1nnc2n1N[C@@H](c1ccc(C)cc1)[C@H](C(=O)Nc1ccc(C)c(Cl)c1)S2. The van der Waals surface area contributed by atoms with Crippen molar-refractivity contribution < 1.29 is 4.79 Å². The Kier molecular flexibility index (Phi) is 6.01. The second-order valence-corrected chi connectivity index (χ2v) is 9.01. The van der Waals surface area contributed by atoms with Crippen molar-refractivity contribution in [1.82, 2.24) is 14.9 Å². The van der Waals surface area contributed by atoms with E-state index in [0.29, 0.717) is 15.9 Å². The second kappa shape index (κ2) is 8.70. The van der Waals surface area contributed by atoms with Gasteiger partial charge in [0.15, 0.2) is 5.82 Å². The van der Waals surface area contributed by atoms with Crippen LogP contribution in [0.25, 0.3) is 0 Å². The number of nitrogens with zero attached hydrogens (tertiary/aromatic N) is 3. The number of halogens is 1. The van der Waals surface area contributed by atoms with Crippen LogP contribution in [0.3, 0.4) is 0 Å². The van der Waals surface area contributed by atoms with Gasteiger partial charge < -0.3 is 10.7 Å². The third-order valence-electron chi connectivity index (χ3n) is 5.11. The first-order valence-electron chi connectivity index (χ1n) is 9.97. The van der Waals surface area contributed by atoms with E-state index < -0.39 is 5.25 Å². The Morgan fingerprint density at radius 1 is 1.20 bits per heavy atom. The van der Waals surface area contributed by atoms with Gasteiger partial charge in [0.05, 0.1) is 6.04 Å². The number of fused-ring (bicyclic) bond motifs is 1. The third kappa shape index (κ3) is 4.18. The van der Waals surface area contributed by atoms with E-state index in [9.17, 15) is 4.79 Å². The molecule has 2 N–H and O–H groups in total. The summed E-state index contributed by atoms with van der Waals surface area (Å²) in [6.07, 6.45) is 1.79. The van der Waals surface area contributed by atoms with E-state index >= 15 is 0 Å². The molecule has 1 aliphatic rings. The Morgan fingerprint density at radius 2 is 1.97 bits per heavy atom. The fraction of sp³-hybridized carbons (Fsp3) is 0.318. The average molecular weight is 442 g/mol. The maximum Gasteiger partial charge on any atom is 0.240 e. The molecule has 0 unspecified atom stereocenters. The van der Waals surface area contributed by atoms with E-state index in [1.54, 1.807) is 6.07 Å². The first kappa shape index (κ1) is 20.8. The molecule has 1 aromatic heterocycles. The van der Waals surface area contributed by atoms with Crippen molar-refractivity contribution in [3.05, 3.63) is 70.0 Å². The molecular formula is C22H24ClN5OS. The molecule has 2 aromatic carbocycles. The van der Waals surface area contributed by atoms with Crippen LogP contribution in [0, 0.1) is 13.8 Å². The van der Waals surface area contributed by atoms with Crippen LogP contribution in [0.2, 0.25) is 5.02 Å². The summed E-state index contributed by atoms with van der Waals surface area (Å²) in [6.45, 7) is 6.09. The van der Waals surface area contributed by atoms with Crippen LogP contribution in [0.1, 0.15) is 41.9 Å². The summed E-state index contributed by atoms with van der Waals surface area (Å²) in [5.41, 5.74) is 7.35. The molecule has 156 valence electrons. The number of hydrogen-bond donors (Lipinski definition) is 2. The Hall–Kier alpha value is -2.51. The summed E-state index contributed by atoms with van der Waals surface area (Å²) >= 11 is 7.66. The summed E-state index contributed by atoms with van der Waals surface area (Å²) < 4.78 is 1.92. The molecule has 2 heterocycles. The number of carbonyl (C=O) groups excluding carboxylic acids is 1. The molecule has 4 rings (SSSR count). The van der Waals surface area contributed by atoms with Crippen molar-refractivity contribution in [2.45, 2.75) is 50.1 Å². The molecule has 0 saturated carbocycles. The predicted octanol–water partition coefficient (Wildman–Crippen LogP) is 4.90. The highest BCUT2D eigenvalue weighted by Gasteiger charge is 2.37. The van der Waals surface area contributed by atoms with E-state index in [4.69, 9.17) is 11.6 Å². The van der Waals surface area contributed by atoms with E-state index in [1.807, 2.05) is 23.7 Å². The molecule has 6 nitrogen and oxygen atoms in total. The number of thioether (sulfide) groups is 1. The van der Waals surface area contributed by atoms with Crippen molar-refractivity contribution in [3.8, 4) is 0 Å². The maximum absolute atomic E-state index is 13.3. The van der Waals surface area contributed by atoms with Crippen LogP contribution < -0.4 is 10.7 Å². The zero-order chi connectivity index (χ0) is 21.3. The summed E-state index contributed by atoms with van der Waals surface area (Å²) in [6, 6.07) is 13.6. The molecule has 1 aliphatic heterocycles. The molecule has 0 spiro atoms. The normalized spacial score (nSPS) is 17.9. The van der Waals surface area contributed by atoms with Gasteiger partial charge in [-0.05, 0) is 43.5 Å². The van der Waals surface area contributed by atoms with E-state index in [1.165, 1.54) is 17.3 Å². The lowest BCUT2D eigenvalue weighted by atomic mass is 10.0. The fourth-order valence-corrected chi connectivity index (χ4v) is 4.67. The van der Waals surface area contributed by atoms with Gasteiger partial charge in [-0.3, -0.25) is 4.79 Å². The van der Waals surface area contributed by atoms with Crippen LogP contribution in [-0.2, 0) is 11.2 Å². The van der Waals surface area contributed by atoms with Crippen molar-refractivity contribution in [2.24, 2.45) is 0 Å². The number of rotatable bonds is 5. The van der Waals surface area contributed by atoms with Gasteiger partial charge in [-0.1, -0.05) is 66.2 Å². The zero-order valence-electron chi connectivity index (χ0n) is 17.1. The monoisotopic (exact) mass is 441 g/mol. The van der Waals surface area contributed by atoms with Crippen LogP contribution in [-0.4, -0.2) is 26.0 Å². The van der Waals surface area contributed by atoms with Crippen LogP contribution in [0.5, 0.6) is 0 Å². The zero-order valence-corrected chi connectivity index (χ0v) is 18.7. The smallest absolute Gasteiger partial charge is 0.240 e. The van der Waals surface area contributed by atoms with Crippen molar-refractivity contribution >= 4 is 35.0 Å². The Labute approximate surface area is 185 Å². The molecule has 0 aliphatic carbocycles. The topological polar surface area (TPSA) is 71.8 Å². The third-order valence-corrected chi connectivity index (χ3v) is 6.73. The van der Waals surface area contributed by atoms with E-state index in [-0.39, 0.29) is 11.9 Å². The summed E-state index contributed by atoms with van der Waals surface area (Å²) in [5, 5.41) is 12.5. The molecular weight excluding hydrogens is 418 g/mol. The Bertz CT molecular complexity index is 1070. The van der Waals surface area contributed by atoms with Crippen LogP contribution >= 0.6 is 23.4 Å². The van der Waals surface area contributed by atoms with Crippen molar-refractivity contribution in [2.75, 3.05) is 10.7 Å². The molecule has 30 heavy (non-hydrogen) atoms. The standard InChI is InChI=1S/C22H24ClN5OS/c1-4-5-18-25-26-22-28(18)27-19(15-9-6-13(2)7-10-15)20(30-22)21(29)24-16-11-8-14(3)17(23)12-16/h6-12,19-20,27H,4-5H2,1-3H3,(H,24,29)/t19-,20+/m0/s1. The predicted molar refractivity (Wildman–Crippen MR) is 122 cm³/mol. The highest BCUT2D eigenvalue weighted by molar-refractivity contribution is 8.00. The second-order valence-electron chi connectivity index (χ2n) is 7.49. The van der Waals surface area contributed by atoms with Crippen LogP contribution in [0.4, 0.5) is 5.69 Å². The minimum atomic E-state index is -0.418. The van der Waals surface area contributed by atoms with Gasteiger partial charge in [-0.15, -0.1) is 10.2 Å². The maximum atomic E-state index is 13.3. The van der Waals surface area contributed by atoms with Gasteiger partial charge in [0.2, 0.25) is 11.1 Å².